The van der Waals surface area contributed by atoms with E-state index in [4.69, 9.17) is 9.47 Å². The maximum Gasteiger partial charge on any atom is 0.280 e. The number of aromatic nitrogens is 1. The molecule has 0 bridgehead atoms. The molecule has 0 spiro atoms. The number of alkyl halides is 2. The fourth-order valence-electron chi connectivity index (χ4n) is 0.946. The van der Waals surface area contributed by atoms with Crippen molar-refractivity contribution in [3.8, 4) is 11.5 Å². The average molecular weight is 268 g/mol. The summed E-state index contributed by atoms with van der Waals surface area (Å²) < 4.78 is 34.6. The van der Waals surface area contributed by atoms with Gasteiger partial charge in [-0.2, -0.15) is 0 Å². The standard InChI is InChI=1S/C8H8BrF2NO2/c1-13-5-3-4(8(10)11)12-7(9)6(5)14-2/h3,8H,1-2H3. The fraction of sp³-hybridized carbons (Fsp3) is 0.375. The number of rotatable bonds is 3. The molecule has 6 heteroatoms. The van der Waals surface area contributed by atoms with Gasteiger partial charge in [0.15, 0.2) is 16.1 Å². The molecule has 1 aromatic rings. The Kier molecular flexibility index (Phi) is 3.62. The van der Waals surface area contributed by atoms with Crippen molar-refractivity contribution in [3.63, 3.8) is 0 Å². The van der Waals surface area contributed by atoms with E-state index in [-0.39, 0.29) is 16.0 Å². The molecule has 78 valence electrons. The third-order valence-corrected chi connectivity index (χ3v) is 2.10. The molecule has 0 aliphatic carbocycles. The van der Waals surface area contributed by atoms with Gasteiger partial charge in [0, 0.05) is 6.07 Å². The first-order chi connectivity index (χ1) is 6.60. The van der Waals surface area contributed by atoms with Crippen LogP contribution in [0.2, 0.25) is 0 Å². The van der Waals surface area contributed by atoms with Crippen molar-refractivity contribution >= 4 is 15.9 Å². The number of halogens is 3. The van der Waals surface area contributed by atoms with Crippen LogP contribution in [-0.4, -0.2) is 19.2 Å². The predicted molar refractivity (Wildman–Crippen MR) is 50.0 cm³/mol. The summed E-state index contributed by atoms with van der Waals surface area (Å²) in [6, 6.07) is 1.15. The number of ether oxygens (including phenoxy) is 2. The van der Waals surface area contributed by atoms with E-state index in [1.807, 2.05) is 0 Å². The average Bonchev–Trinajstić information content (AvgIpc) is 2.16. The Balaban J connectivity index is 3.24. The molecule has 0 aromatic carbocycles. The number of nitrogens with zero attached hydrogens (tertiary/aromatic N) is 1. The molecule has 0 aliphatic heterocycles. The Morgan fingerprint density at radius 1 is 1.36 bits per heavy atom. The summed E-state index contributed by atoms with van der Waals surface area (Å²) in [6.07, 6.45) is -2.63. The van der Waals surface area contributed by atoms with E-state index in [9.17, 15) is 8.78 Å². The highest BCUT2D eigenvalue weighted by Crippen LogP contribution is 2.36. The van der Waals surface area contributed by atoms with Gasteiger partial charge in [0.2, 0.25) is 0 Å². The van der Waals surface area contributed by atoms with Crippen LogP contribution in [0.1, 0.15) is 12.1 Å². The Morgan fingerprint density at radius 2 is 2.00 bits per heavy atom. The van der Waals surface area contributed by atoms with Crippen molar-refractivity contribution in [3.05, 3.63) is 16.4 Å². The van der Waals surface area contributed by atoms with E-state index in [1.54, 1.807) is 0 Å². The van der Waals surface area contributed by atoms with Crippen LogP contribution in [-0.2, 0) is 0 Å². The summed E-state index contributed by atoms with van der Waals surface area (Å²) >= 11 is 3.02. The van der Waals surface area contributed by atoms with Gasteiger partial charge < -0.3 is 9.47 Å². The second kappa shape index (κ2) is 4.54. The van der Waals surface area contributed by atoms with Crippen molar-refractivity contribution in [2.24, 2.45) is 0 Å². The van der Waals surface area contributed by atoms with E-state index in [2.05, 4.69) is 20.9 Å². The summed E-state index contributed by atoms with van der Waals surface area (Å²) in [6.45, 7) is 0. The minimum absolute atomic E-state index is 0.203. The highest BCUT2D eigenvalue weighted by Gasteiger charge is 2.17. The SMILES string of the molecule is COc1cc(C(F)F)nc(Br)c1OC. The lowest BCUT2D eigenvalue weighted by Gasteiger charge is -2.10. The largest absolute Gasteiger partial charge is 0.493 e. The molecular weight excluding hydrogens is 260 g/mol. The van der Waals surface area contributed by atoms with Crippen LogP contribution in [0.4, 0.5) is 8.78 Å². The maximum atomic E-state index is 12.3. The van der Waals surface area contributed by atoms with Crippen LogP contribution in [0.25, 0.3) is 0 Å². The third-order valence-electron chi connectivity index (χ3n) is 1.57. The molecule has 3 nitrogen and oxygen atoms in total. The molecule has 0 N–H and O–H groups in total. The molecule has 0 radical (unpaired) electrons. The van der Waals surface area contributed by atoms with Gasteiger partial charge in [-0.05, 0) is 15.9 Å². The molecule has 0 unspecified atom stereocenters. The van der Waals surface area contributed by atoms with Crippen LogP contribution in [0.15, 0.2) is 10.7 Å². The monoisotopic (exact) mass is 267 g/mol. The molecule has 14 heavy (non-hydrogen) atoms. The Morgan fingerprint density at radius 3 is 2.43 bits per heavy atom. The highest BCUT2D eigenvalue weighted by molar-refractivity contribution is 9.10. The molecule has 1 aromatic heterocycles. The second-order valence-electron chi connectivity index (χ2n) is 2.37. The van der Waals surface area contributed by atoms with Gasteiger partial charge in [-0.25, -0.2) is 13.8 Å². The number of hydrogen-bond acceptors (Lipinski definition) is 3. The Labute approximate surface area is 88.2 Å². The maximum absolute atomic E-state index is 12.3. The van der Waals surface area contributed by atoms with Crippen molar-refractivity contribution in [2.75, 3.05) is 14.2 Å². The van der Waals surface area contributed by atoms with Gasteiger partial charge in [0.25, 0.3) is 6.43 Å². The highest BCUT2D eigenvalue weighted by atomic mass is 79.9. The first-order valence-electron chi connectivity index (χ1n) is 3.66. The minimum Gasteiger partial charge on any atom is -0.493 e. The lowest BCUT2D eigenvalue weighted by Crippen LogP contribution is -1.98. The quantitative estimate of drug-likeness (QED) is 0.790. The van der Waals surface area contributed by atoms with E-state index in [1.165, 1.54) is 14.2 Å². The van der Waals surface area contributed by atoms with Crippen molar-refractivity contribution in [2.45, 2.75) is 6.43 Å². The molecule has 0 atom stereocenters. The summed E-state index contributed by atoms with van der Waals surface area (Å²) in [7, 11) is 2.78. The van der Waals surface area contributed by atoms with E-state index < -0.39 is 6.43 Å². The molecule has 0 aliphatic rings. The van der Waals surface area contributed by atoms with Crippen molar-refractivity contribution in [1.82, 2.24) is 4.98 Å². The van der Waals surface area contributed by atoms with Crippen molar-refractivity contribution in [1.29, 1.82) is 0 Å². The first-order valence-corrected chi connectivity index (χ1v) is 4.46. The summed E-state index contributed by atoms with van der Waals surface area (Å²) in [5.41, 5.74) is -0.352. The predicted octanol–water partition coefficient (Wildman–Crippen LogP) is 2.80. The van der Waals surface area contributed by atoms with Gasteiger partial charge in [-0.1, -0.05) is 0 Å². The zero-order valence-electron chi connectivity index (χ0n) is 7.55. The molecular formula is C8H8BrF2NO2. The van der Waals surface area contributed by atoms with Crippen LogP contribution < -0.4 is 9.47 Å². The summed E-state index contributed by atoms with van der Waals surface area (Å²) in [4.78, 5) is 3.61. The van der Waals surface area contributed by atoms with Crippen LogP contribution in [0.3, 0.4) is 0 Å². The zero-order valence-corrected chi connectivity index (χ0v) is 9.14. The van der Waals surface area contributed by atoms with Crippen LogP contribution >= 0.6 is 15.9 Å². The number of hydrogen-bond donors (Lipinski definition) is 0. The molecule has 1 rings (SSSR count). The topological polar surface area (TPSA) is 31.4 Å². The number of methoxy groups -OCH3 is 2. The van der Waals surface area contributed by atoms with E-state index >= 15 is 0 Å². The van der Waals surface area contributed by atoms with Crippen LogP contribution in [0, 0.1) is 0 Å². The Bertz CT molecular complexity index is 333. The van der Waals surface area contributed by atoms with Gasteiger partial charge in [-0.3, -0.25) is 0 Å². The fourth-order valence-corrected chi connectivity index (χ4v) is 1.51. The van der Waals surface area contributed by atoms with Gasteiger partial charge in [0.05, 0.1) is 14.2 Å². The molecule has 0 saturated heterocycles. The lowest BCUT2D eigenvalue weighted by molar-refractivity contribution is 0.145. The van der Waals surface area contributed by atoms with Gasteiger partial charge in [-0.15, -0.1) is 0 Å². The van der Waals surface area contributed by atoms with Crippen molar-refractivity contribution < 1.29 is 18.3 Å². The molecule has 0 amide bonds. The number of pyridine rings is 1. The molecule has 0 saturated carbocycles. The van der Waals surface area contributed by atoms with Gasteiger partial charge in [0.1, 0.15) is 5.69 Å². The molecule has 1 heterocycles. The van der Waals surface area contributed by atoms with E-state index in [0.29, 0.717) is 5.75 Å². The first kappa shape index (κ1) is 11.2. The normalized spacial score (nSPS) is 10.4. The third kappa shape index (κ3) is 2.12. The summed E-state index contributed by atoms with van der Waals surface area (Å²) in [5.74, 6) is 0.529. The minimum atomic E-state index is -2.63. The second-order valence-corrected chi connectivity index (χ2v) is 3.13. The Hall–Kier alpha value is -0.910. The van der Waals surface area contributed by atoms with E-state index in [0.717, 1.165) is 6.07 Å². The van der Waals surface area contributed by atoms with Gasteiger partial charge >= 0.3 is 0 Å². The lowest BCUT2D eigenvalue weighted by atomic mass is 10.3. The van der Waals surface area contributed by atoms with Crippen LogP contribution in [0.5, 0.6) is 11.5 Å². The smallest absolute Gasteiger partial charge is 0.280 e. The molecule has 0 fully saturated rings. The summed E-state index contributed by atoms with van der Waals surface area (Å²) in [5, 5.41) is 0. The zero-order chi connectivity index (χ0) is 10.7.